The van der Waals surface area contributed by atoms with Gasteiger partial charge in [0.1, 0.15) is 17.7 Å². The second kappa shape index (κ2) is 7.40. The first kappa shape index (κ1) is 16.4. The van der Waals surface area contributed by atoms with Gasteiger partial charge in [-0.05, 0) is 44.2 Å². The van der Waals surface area contributed by atoms with E-state index in [9.17, 15) is 9.18 Å². The molecule has 0 atom stereocenters. The lowest BCUT2D eigenvalue weighted by Crippen LogP contribution is -2.35. The van der Waals surface area contributed by atoms with Gasteiger partial charge in [0.2, 0.25) is 0 Å². The monoisotopic (exact) mass is 329 g/mol. The van der Waals surface area contributed by atoms with Gasteiger partial charge < -0.3 is 15.0 Å². The van der Waals surface area contributed by atoms with Crippen molar-refractivity contribution >= 4 is 11.6 Å². The Bertz CT molecular complexity index is 701. The minimum absolute atomic E-state index is 0.0250. The highest BCUT2D eigenvalue weighted by Gasteiger charge is 2.20. The molecule has 1 aliphatic heterocycles. The molecule has 0 unspecified atom stereocenters. The van der Waals surface area contributed by atoms with Crippen LogP contribution in [-0.4, -0.2) is 42.0 Å². The van der Waals surface area contributed by atoms with Crippen LogP contribution in [-0.2, 0) is 0 Å². The average molecular weight is 329 g/mol. The molecule has 1 amide bonds. The molecule has 1 saturated heterocycles. The summed E-state index contributed by atoms with van der Waals surface area (Å²) in [5, 5.41) is 2.77. The standard InChI is InChI=1S/C18H20FN3O2/c1-22-9-6-15(7-10-22)24-17-11-14(19)4-5-16(17)21-18(23)13-3-2-8-20-12-13/h2-5,8,11-12,15H,6-7,9-10H2,1H3,(H,21,23). The number of anilines is 1. The molecule has 24 heavy (non-hydrogen) atoms. The van der Waals surface area contributed by atoms with Gasteiger partial charge in [-0.25, -0.2) is 4.39 Å². The summed E-state index contributed by atoms with van der Waals surface area (Å²) in [7, 11) is 2.07. The topological polar surface area (TPSA) is 54.5 Å². The largest absolute Gasteiger partial charge is 0.488 e. The smallest absolute Gasteiger partial charge is 0.257 e. The van der Waals surface area contributed by atoms with Crippen molar-refractivity contribution in [3.63, 3.8) is 0 Å². The first-order chi connectivity index (χ1) is 11.6. The van der Waals surface area contributed by atoms with Crippen molar-refractivity contribution in [2.45, 2.75) is 18.9 Å². The molecule has 126 valence electrons. The van der Waals surface area contributed by atoms with E-state index in [-0.39, 0.29) is 12.0 Å². The number of hydrogen-bond donors (Lipinski definition) is 1. The Kier molecular flexibility index (Phi) is 5.05. The maximum atomic E-state index is 13.6. The van der Waals surface area contributed by atoms with Crippen molar-refractivity contribution in [2.24, 2.45) is 0 Å². The number of rotatable bonds is 4. The van der Waals surface area contributed by atoms with Gasteiger partial charge in [0, 0.05) is 31.5 Å². The summed E-state index contributed by atoms with van der Waals surface area (Å²) in [6, 6.07) is 7.50. The maximum absolute atomic E-state index is 13.6. The van der Waals surface area contributed by atoms with Crippen molar-refractivity contribution in [3.8, 4) is 5.75 Å². The summed E-state index contributed by atoms with van der Waals surface area (Å²) < 4.78 is 19.6. The summed E-state index contributed by atoms with van der Waals surface area (Å²) in [6.45, 7) is 1.88. The van der Waals surface area contributed by atoms with Crippen LogP contribution >= 0.6 is 0 Å². The number of pyridine rings is 1. The summed E-state index contributed by atoms with van der Waals surface area (Å²) in [5.41, 5.74) is 0.899. The van der Waals surface area contributed by atoms with Gasteiger partial charge in [0.25, 0.3) is 5.91 Å². The molecule has 2 aromatic rings. The van der Waals surface area contributed by atoms with E-state index < -0.39 is 5.82 Å². The highest BCUT2D eigenvalue weighted by Crippen LogP contribution is 2.29. The van der Waals surface area contributed by atoms with E-state index in [4.69, 9.17) is 4.74 Å². The third-order valence-corrected chi connectivity index (χ3v) is 4.07. The average Bonchev–Trinajstić information content (AvgIpc) is 2.60. The molecule has 0 spiro atoms. The van der Waals surface area contributed by atoms with Crippen LogP contribution < -0.4 is 10.1 Å². The number of carbonyl (C=O) groups excluding carboxylic acids is 1. The number of piperidine rings is 1. The molecule has 1 aromatic carbocycles. The fraction of sp³-hybridized carbons (Fsp3) is 0.333. The number of likely N-dealkylation sites (tertiary alicyclic amines) is 1. The van der Waals surface area contributed by atoms with Crippen molar-refractivity contribution < 1.29 is 13.9 Å². The van der Waals surface area contributed by atoms with Crippen LogP contribution in [0.3, 0.4) is 0 Å². The van der Waals surface area contributed by atoms with Crippen LogP contribution in [0, 0.1) is 5.82 Å². The van der Waals surface area contributed by atoms with Gasteiger partial charge in [-0.2, -0.15) is 0 Å². The summed E-state index contributed by atoms with van der Waals surface area (Å²) in [5.74, 6) is -0.331. The number of halogens is 1. The van der Waals surface area contributed by atoms with E-state index in [1.165, 1.54) is 24.4 Å². The summed E-state index contributed by atoms with van der Waals surface area (Å²) >= 11 is 0. The zero-order valence-electron chi connectivity index (χ0n) is 13.5. The zero-order chi connectivity index (χ0) is 16.9. The van der Waals surface area contributed by atoms with E-state index in [1.807, 2.05) is 0 Å². The second-order valence-electron chi connectivity index (χ2n) is 5.96. The molecule has 2 heterocycles. The number of nitrogens with zero attached hydrogens (tertiary/aromatic N) is 2. The predicted molar refractivity (Wildman–Crippen MR) is 89.7 cm³/mol. The lowest BCUT2D eigenvalue weighted by atomic mass is 10.1. The highest BCUT2D eigenvalue weighted by atomic mass is 19.1. The number of benzene rings is 1. The fourth-order valence-corrected chi connectivity index (χ4v) is 2.67. The third kappa shape index (κ3) is 4.08. The number of hydrogen-bond acceptors (Lipinski definition) is 4. The van der Waals surface area contributed by atoms with Gasteiger partial charge in [0.05, 0.1) is 11.3 Å². The van der Waals surface area contributed by atoms with Gasteiger partial charge in [-0.3, -0.25) is 9.78 Å². The fourth-order valence-electron chi connectivity index (χ4n) is 2.67. The maximum Gasteiger partial charge on any atom is 0.257 e. The predicted octanol–water partition coefficient (Wildman–Crippen LogP) is 2.95. The van der Waals surface area contributed by atoms with Crippen LogP contribution in [0.5, 0.6) is 5.75 Å². The summed E-state index contributed by atoms with van der Waals surface area (Å²) in [4.78, 5) is 18.4. The first-order valence-corrected chi connectivity index (χ1v) is 7.98. The molecule has 6 heteroatoms. The number of nitrogens with one attached hydrogen (secondary N) is 1. The van der Waals surface area contributed by atoms with Crippen molar-refractivity contribution in [3.05, 3.63) is 54.1 Å². The SMILES string of the molecule is CN1CCC(Oc2cc(F)ccc2NC(=O)c2cccnc2)CC1. The van der Waals surface area contributed by atoms with Crippen LogP contribution in [0.1, 0.15) is 23.2 Å². The lowest BCUT2D eigenvalue weighted by Gasteiger charge is -2.29. The van der Waals surface area contributed by atoms with Crippen LogP contribution in [0.2, 0.25) is 0 Å². The van der Waals surface area contributed by atoms with Crippen molar-refractivity contribution in [1.82, 2.24) is 9.88 Å². The van der Waals surface area contributed by atoms with Crippen molar-refractivity contribution in [1.29, 1.82) is 0 Å². The molecule has 3 rings (SSSR count). The van der Waals surface area contributed by atoms with E-state index in [0.29, 0.717) is 17.0 Å². The zero-order valence-corrected chi connectivity index (χ0v) is 13.5. The Morgan fingerprint density at radius 3 is 2.83 bits per heavy atom. The Morgan fingerprint density at radius 2 is 2.12 bits per heavy atom. The molecular formula is C18H20FN3O2. The lowest BCUT2D eigenvalue weighted by molar-refractivity contribution is 0.102. The minimum Gasteiger partial charge on any atom is -0.488 e. The summed E-state index contributed by atoms with van der Waals surface area (Å²) in [6.07, 6.45) is 4.86. The Hall–Kier alpha value is -2.47. The van der Waals surface area contributed by atoms with Gasteiger partial charge in [-0.15, -0.1) is 0 Å². The molecular weight excluding hydrogens is 309 g/mol. The normalized spacial score (nSPS) is 15.9. The minimum atomic E-state index is -0.391. The van der Waals surface area contributed by atoms with Crippen LogP contribution in [0.15, 0.2) is 42.7 Å². The van der Waals surface area contributed by atoms with E-state index in [2.05, 4.69) is 22.2 Å². The Morgan fingerprint density at radius 1 is 1.33 bits per heavy atom. The highest BCUT2D eigenvalue weighted by molar-refractivity contribution is 6.04. The van der Waals surface area contributed by atoms with Gasteiger partial charge in [0.15, 0.2) is 0 Å². The van der Waals surface area contributed by atoms with Crippen LogP contribution in [0.25, 0.3) is 0 Å². The number of carbonyl (C=O) groups is 1. The number of aromatic nitrogens is 1. The van der Waals surface area contributed by atoms with Gasteiger partial charge >= 0.3 is 0 Å². The molecule has 1 fully saturated rings. The molecule has 0 saturated carbocycles. The number of amides is 1. The molecule has 0 aliphatic carbocycles. The molecule has 1 aromatic heterocycles. The quantitative estimate of drug-likeness (QED) is 0.937. The van der Waals surface area contributed by atoms with Gasteiger partial charge in [-0.1, -0.05) is 0 Å². The Balaban J connectivity index is 1.74. The molecule has 0 radical (unpaired) electrons. The molecule has 5 nitrogen and oxygen atoms in total. The van der Waals surface area contributed by atoms with E-state index >= 15 is 0 Å². The molecule has 1 N–H and O–H groups in total. The Labute approximate surface area is 140 Å². The first-order valence-electron chi connectivity index (χ1n) is 7.98. The van der Waals surface area contributed by atoms with Crippen molar-refractivity contribution in [2.75, 3.05) is 25.5 Å². The van der Waals surface area contributed by atoms with E-state index in [1.54, 1.807) is 18.3 Å². The van der Waals surface area contributed by atoms with Crippen LogP contribution in [0.4, 0.5) is 10.1 Å². The van der Waals surface area contributed by atoms with E-state index in [0.717, 1.165) is 25.9 Å². The number of ether oxygens (including phenoxy) is 1. The molecule has 0 bridgehead atoms. The third-order valence-electron chi connectivity index (χ3n) is 4.07. The second-order valence-corrected chi connectivity index (χ2v) is 5.96. The molecule has 1 aliphatic rings.